The van der Waals surface area contributed by atoms with Crippen LogP contribution in [0.2, 0.25) is 0 Å². The normalized spacial score (nSPS) is 11.0. The van der Waals surface area contributed by atoms with Crippen LogP contribution in [-0.2, 0) is 0 Å². The van der Waals surface area contributed by atoms with Gasteiger partial charge in [0.2, 0.25) is 0 Å². The van der Waals surface area contributed by atoms with Gasteiger partial charge in [-0.3, -0.25) is 0 Å². The zero-order valence-corrected chi connectivity index (χ0v) is 6.42. The van der Waals surface area contributed by atoms with E-state index in [1.54, 1.807) is 0 Å². The molecule has 0 spiro atoms. The SMILES string of the molecule is NCCC/C=C/CCCO. The van der Waals surface area contributed by atoms with Crippen LogP contribution in [0, 0.1) is 0 Å². The van der Waals surface area contributed by atoms with Crippen LogP contribution in [0.25, 0.3) is 0 Å². The lowest BCUT2D eigenvalue weighted by Gasteiger charge is -1.89. The monoisotopic (exact) mass is 143 g/mol. The van der Waals surface area contributed by atoms with E-state index >= 15 is 0 Å². The molecule has 0 saturated heterocycles. The number of rotatable bonds is 6. The van der Waals surface area contributed by atoms with Gasteiger partial charge in [-0.2, -0.15) is 0 Å². The van der Waals surface area contributed by atoms with E-state index in [0.29, 0.717) is 6.61 Å². The highest BCUT2D eigenvalue weighted by Crippen LogP contribution is 1.93. The van der Waals surface area contributed by atoms with Gasteiger partial charge >= 0.3 is 0 Å². The van der Waals surface area contributed by atoms with E-state index in [0.717, 1.165) is 32.2 Å². The van der Waals surface area contributed by atoms with E-state index in [-0.39, 0.29) is 0 Å². The highest BCUT2D eigenvalue weighted by Gasteiger charge is 1.79. The highest BCUT2D eigenvalue weighted by molar-refractivity contribution is 4.81. The zero-order valence-electron chi connectivity index (χ0n) is 6.42. The Kier molecular flexibility index (Phi) is 8.37. The molecule has 0 aliphatic carbocycles. The molecule has 0 heterocycles. The summed E-state index contributed by atoms with van der Waals surface area (Å²) in [6.45, 7) is 1.06. The maximum atomic E-state index is 8.42. The van der Waals surface area contributed by atoms with Gasteiger partial charge in [0.1, 0.15) is 0 Å². The van der Waals surface area contributed by atoms with Crippen LogP contribution >= 0.6 is 0 Å². The van der Waals surface area contributed by atoms with Crippen molar-refractivity contribution >= 4 is 0 Å². The lowest BCUT2D eigenvalue weighted by Crippen LogP contribution is -1.96. The summed E-state index contributed by atoms with van der Waals surface area (Å²) in [5, 5.41) is 8.42. The smallest absolute Gasteiger partial charge is 0.0433 e. The van der Waals surface area contributed by atoms with Gasteiger partial charge in [-0.25, -0.2) is 0 Å². The third-order valence-corrected chi connectivity index (χ3v) is 1.27. The molecule has 0 unspecified atom stereocenters. The Labute approximate surface area is 62.7 Å². The second-order valence-electron chi connectivity index (χ2n) is 2.27. The van der Waals surface area contributed by atoms with Gasteiger partial charge in [-0.05, 0) is 32.2 Å². The summed E-state index contributed by atoms with van der Waals surface area (Å²) in [6, 6.07) is 0. The van der Waals surface area contributed by atoms with E-state index in [2.05, 4.69) is 12.2 Å². The van der Waals surface area contributed by atoms with Crippen LogP contribution in [0.5, 0.6) is 0 Å². The Balaban J connectivity index is 2.89. The van der Waals surface area contributed by atoms with Crippen molar-refractivity contribution in [1.29, 1.82) is 0 Å². The van der Waals surface area contributed by atoms with E-state index in [1.165, 1.54) is 0 Å². The molecule has 0 aromatic rings. The summed E-state index contributed by atoms with van der Waals surface area (Å²) in [5.74, 6) is 0. The fraction of sp³-hybridized carbons (Fsp3) is 0.750. The average Bonchev–Trinajstić information content (AvgIpc) is 1.97. The Morgan fingerprint density at radius 2 is 1.70 bits per heavy atom. The standard InChI is InChI=1S/C8H17NO/c9-7-5-3-1-2-4-6-8-10/h1-2,10H,3-9H2/b2-1+. The highest BCUT2D eigenvalue weighted by atomic mass is 16.2. The first-order valence-corrected chi connectivity index (χ1v) is 3.87. The first-order valence-electron chi connectivity index (χ1n) is 3.87. The molecular formula is C8H17NO. The largest absolute Gasteiger partial charge is 0.396 e. The lowest BCUT2D eigenvalue weighted by molar-refractivity contribution is 0.289. The number of aliphatic hydroxyl groups excluding tert-OH is 1. The molecule has 0 rings (SSSR count). The maximum absolute atomic E-state index is 8.42. The van der Waals surface area contributed by atoms with Crippen LogP contribution in [0.1, 0.15) is 25.7 Å². The van der Waals surface area contributed by atoms with Crippen molar-refractivity contribution in [3.8, 4) is 0 Å². The van der Waals surface area contributed by atoms with E-state index in [9.17, 15) is 0 Å². The van der Waals surface area contributed by atoms with E-state index in [4.69, 9.17) is 10.8 Å². The topological polar surface area (TPSA) is 46.2 Å². The molecule has 0 atom stereocenters. The number of unbranched alkanes of at least 4 members (excludes halogenated alkanes) is 2. The number of allylic oxidation sites excluding steroid dienone is 2. The Hall–Kier alpha value is -0.340. The van der Waals surface area contributed by atoms with Gasteiger partial charge in [0.05, 0.1) is 0 Å². The molecule has 0 radical (unpaired) electrons. The number of aliphatic hydroxyl groups is 1. The van der Waals surface area contributed by atoms with Crippen molar-refractivity contribution in [1.82, 2.24) is 0 Å². The Morgan fingerprint density at radius 1 is 1.10 bits per heavy atom. The van der Waals surface area contributed by atoms with Crippen molar-refractivity contribution in [3.63, 3.8) is 0 Å². The van der Waals surface area contributed by atoms with Crippen LogP contribution < -0.4 is 5.73 Å². The summed E-state index contributed by atoms with van der Waals surface area (Å²) in [6.07, 6.45) is 8.23. The third-order valence-electron chi connectivity index (χ3n) is 1.27. The quantitative estimate of drug-likeness (QED) is 0.431. The molecule has 0 aromatic carbocycles. The van der Waals surface area contributed by atoms with Gasteiger partial charge in [0.15, 0.2) is 0 Å². The minimum Gasteiger partial charge on any atom is -0.396 e. The summed E-state index contributed by atoms with van der Waals surface area (Å²) in [4.78, 5) is 0. The van der Waals surface area contributed by atoms with Crippen molar-refractivity contribution in [2.75, 3.05) is 13.2 Å². The molecule has 0 amide bonds. The van der Waals surface area contributed by atoms with Crippen LogP contribution in [0.3, 0.4) is 0 Å². The molecular weight excluding hydrogens is 126 g/mol. The fourth-order valence-corrected chi connectivity index (χ4v) is 0.681. The minimum atomic E-state index is 0.293. The van der Waals surface area contributed by atoms with E-state index in [1.807, 2.05) is 0 Å². The molecule has 0 fully saturated rings. The van der Waals surface area contributed by atoms with Crippen LogP contribution in [-0.4, -0.2) is 18.3 Å². The molecule has 0 saturated carbocycles. The van der Waals surface area contributed by atoms with Crippen molar-refractivity contribution < 1.29 is 5.11 Å². The zero-order chi connectivity index (χ0) is 7.66. The van der Waals surface area contributed by atoms with Gasteiger partial charge in [0, 0.05) is 6.61 Å². The second kappa shape index (κ2) is 8.66. The maximum Gasteiger partial charge on any atom is 0.0433 e. The first kappa shape index (κ1) is 9.66. The Bertz CT molecular complexity index is 71.3. The minimum absolute atomic E-state index is 0.293. The Morgan fingerprint density at radius 3 is 2.20 bits per heavy atom. The van der Waals surface area contributed by atoms with Crippen LogP contribution in [0.4, 0.5) is 0 Å². The number of hydrogen-bond acceptors (Lipinski definition) is 2. The van der Waals surface area contributed by atoms with Crippen LogP contribution in [0.15, 0.2) is 12.2 Å². The van der Waals surface area contributed by atoms with Gasteiger partial charge in [-0.15, -0.1) is 0 Å². The second-order valence-corrected chi connectivity index (χ2v) is 2.27. The lowest BCUT2D eigenvalue weighted by atomic mass is 10.2. The molecule has 0 bridgehead atoms. The van der Waals surface area contributed by atoms with Gasteiger partial charge in [0.25, 0.3) is 0 Å². The molecule has 3 N–H and O–H groups in total. The third kappa shape index (κ3) is 7.66. The molecule has 2 heteroatoms. The number of nitrogens with two attached hydrogens (primary N) is 1. The predicted molar refractivity (Wildman–Crippen MR) is 43.7 cm³/mol. The summed E-state index contributed by atoms with van der Waals surface area (Å²) < 4.78 is 0. The van der Waals surface area contributed by atoms with Gasteiger partial charge in [-0.1, -0.05) is 12.2 Å². The average molecular weight is 143 g/mol. The van der Waals surface area contributed by atoms with Crippen molar-refractivity contribution in [2.24, 2.45) is 5.73 Å². The predicted octanol–water partition coefficient (Wildman–Crippen LogP) is 1.05. The summed E-state index contributed by atoms with van der Waals surface area (Å²) >= 11 is 0. The number of hydrogen-bond donors (Lipinski definition) is 2. The molecule has 0 aromatic heterocycles. The van der Waals surface area contributed by atoms with E-state index < -0.39 is 0 Å². The molecule has 0 aliphatic rings. The summed E-state index contributed by atoms with van der Waals surface area (Å²) in [7, 11) is 0. The van der Waals surface area contributed by atoms with Crippen molar-refractivity contribution in [3.05, 3.63) is 12.2 Å². The van der Waals surface area contributed by atoms with Crippen molar-refractivity contribution in [2.45, 2.75) is 25.7 Å². The molecule has 2 nitrogen and oxygen atoms in total. The van der Waals surface area contributed by atoms with Gasteiger partial charge < -0.3 is 10.8 Å². The first-order chi connectivity index (χ1) is 4.91. The molecule has 60 valence electrons. The fourth-order valence-electron chi connectivity index (χ4n) is 0.681. The molecule has 10 heavy (non-hydrogen) atoms. The summed E-state index contributed by atoms with van der Waals surface area (Å²) in [5.41, 5.74) is 5.30. The molecule has 0 aliphatic heterocycles.